The number of hydrogen-bond acceptors (Lipinski definition) is 2. The van der Waals surface area contributed by atoms with Crippen LogP contribution < -0.4 is 5.43 Å². The van der Waals surface area contributed by atoms with Crippen LogP contribution in [0, 0.1) is 13.8 Å². The number of carbonyl (C=O) groups is 2. The van der Waals surface area contributed by atoms with E-state index in [9.17, 15) is 9.59 Å². The van der Waals surface area contributed by atoms with Gasteiger partial charge >= 0.3 is 0 Å². The molecule has 7 heteroatoms. The Morgan fingerprint density at radius 3 is 1.97 bits per heavy atom. The van der Waals surface area contributed by atoms with E-state index in [1.54, 1.807) is 18.2 Å². The van der Waals surface area contributed by atoms with E-state index in [1.807, 2.05) is 58.9 Å². The molecule has 0 spiro atoms. The maximum absolute atomic E-state index is 13.1. The van der Waals surface area contributed by atoms with Gasteiger partial charge in [0.05, 0.1) is 5.54 Å². The third kappa shape index (κ3) is 7.22. The Bertz CT molecular complexity index is 816. The van der Waals surface area contributed by atoms with Crippen molar-refractivity contribution in [3.8, 4) is 0 Å². The lowest BCUT2D eigenvalue weighted by atomic mass is 10.0. The van der Waals surface area contributed by atoms with Gasteiger partial charge in [-0.1, -0.05) is 31.2 Å². The quantitative estimate of drug-likeness (QED) is 0.594. The number of rotatable bonds is 3. The summed E-state index contributed by atoms with van der Waals surface area (Å²) in [6, 6.07) is 13.1. The van der Waals surface area contributed by atoms with Crippen molar-refractivity contribution in [2.24, 2.45) is 0 Å². The van der Waals surface area contributed by atoms with Crippen LogP contribution >= 0.6 is 37.2 Å². The second-order valence-corrected chi connectivity index (χ2v) is 7.55. The Morgan fingerprint density at radius 1 is 0.931 bits per heavy atom. The fourth-order valence-electron chi connectivity index (χ4n) is 2.68. The van der Waals surface area contributed by atoms with Gasteiger partial charge in [-0.05, 0) is 75.9 Å². The van der Waals surface area contributed by atoms with Gasteiger partial charge in [0.2, 0.25) is 0 Å². The smallest absolute Gasteiger partial charge is 0.267 e. The minimum atomic E-state index is -0.563. The van der Waals surface area contributed by atoms with Gasteiger partial charge < -0.3 is 0 Å². The first-order chi connectivity index (χ1) is 12.1. The van der Waals surface area contributed by atoms with E-state index in [1.165, 1.54) is 10.6 Å². The number of benzene rings is 2. The van der Waals surface area contributed by atoms with Crippen LogP contribution in [0.15, 0.2) is 42.5 Å². The summed E-state index contributed by atoms with van der Waals surface area (Å²) in [5.74, 6) is -0.501. The lowest BCUT2D eigenvalue weighted by molar-refractivity contribution is 0.0358. The number of aryl methyl sites for hydroxylation is 2. The molecule has 0 aromatic heterocycles. The van der Waals surface area contributed by atoms with Crippen molar-refractivity contribution in [2.75, 3.05) is 0 Å². The normalized spacial score (nSPS) is 10.0. The van der Waals surface area contributed by atoms with Gasteiger partial charge in [-0.15, -0.1) is 37.2 Å². The Morgan fingerprint density at radius 2 is 1.48 bits per heavy atom. The highest BCUT2D eigenvalue weighted by Crippen LogP contribution is 2.20. The molecule has 2 aromatic carbocycles. The zero-order valence-electron chi connectivity index (χ0n) is 17.7. The second-order valence-electron chi connectivity index (χ2n) is 7.55. The third-order valence-electron chi connectivity index (χ3n) is 4.55. The molecular weight excluding hydrogens is 431 g/mol. The highest BCUT2D eigenvalue weighted by atomic mass is 35.5. The summed E-state index contributed by atoms with van der Waals surface area (Å²) in [4.78, 5) is 25.8. The molecule has 2 rings (SSSR count). The Kier molecular flexibility index (Phi) is 12.2. The summed E-state index contributed by atoms with van der Waals surface area (Å²) in [5, 5.41) is 1.42. The zero-order valence-corrected chi connectivity index (χ0v) is 20.2. The first-order valence-corrected chi connectivity index (χ1v) is 8.96. The molecule has 29 heavy (non-hydrogen) atoms. The SMILES string of the molecule is CCc1ccc(C(=O)NN(C(=O)c2cccc(C)c2C)C(C)(C)C)cc1.Cl.Cl.Cl. The maximum Gasteiger partial charge on any atom is 0.273 e. The van der Waals surface area contributed by atoms with Gasteiger partial charge in [0.15, 0.2) is 0 Å². The third-order valence-corrected chi connectivity index (χ3v) is 4.55. The first kappa shape index (κ1) is 29.5. The summed E-state index contributed by atoms with van der Waals surface area (Å²) in [6.07, 6.45) is 0.918. The van der Waals surface area contributed by atoms with Crippen molar-refractivity contribution in [1.29, 1.82) is 0 Å². The van der Waals surface area contributed by atoms with E-state index in [2.05, 4.69) is 12.3 Å². The topological polar surface area (TPSA) is 49.4 Å². The molecule has 0 saturated heterocycles. The first-order valence-electron chi connectivity index (χ1n) is 8.96. The lowest BCUT2D eigenvalue weighted by Crippen LogP contribution is -2.56. The molecule has 0 aliphatic heterocycles. The average molecular weight is 462 g/mol. The molecule has 2 amide bonds. The van der Waals surface area contributed by atoms with Crippen LogP contribution in [0.4, 0.5) is 0 Å². The van der Waals surface area contributed by atoms with E-state index < -0.39 is 5.54 Å². The van der Waals surface area contributed by atoms with Gasteiger partial charge in [0.1, 0.15) is 0 Å². The van der Waals surface area contributed by atoms with Gasteiger partial charge in [-0.3, -0.25) is 15.0 Å². The predicted molar refractivity (Wildman–Crippen MR) is 127 cm³/mol. The summed E-state index contributed by atoms with van der Waals surface area (Å²) < 4.78 is 0. The van der Waals surface area contributed by atoms with E-state index in [-0.39, 0.29) is 49.0 Å². The van der Waals surface area contributed by atoms with Crippen molar-refractivity contribution in [3.05, 3.63) is 70.3 Å². The van der Waals surface area contributed by atoms with Gasteiger partial charge in [0, 0.05) is 11.1 Å². The number of hydrogen-bond donors (Lipinski definition) is 1. The molecule has 1 N–H and O–H groups in total. The molecule has 0 aliphatic rings. The molecule has 0 fully saturated rings. The summed E-state index contributed by atoms with van der Waals surface area (Å²) in [5.41, 5.74) is 6.51. The molecule has 0 heterocycles. The van der Waals surface area contributed by atoms with Crippen LogP contribution in [0.25, 0.3) is 0 Å². The van der Waals surface area contributed by atoms with Crippen LogP contribution in [0.3, 0.4) is 0 Å². The molecule has 0 radical (unpaired) electrons. The van der Waals surface area contributed by atoms with Crippen LogP contribution in [0.1, 0.15) is 65.1 Å². The summed E-state index contributed by atoms with van der Waals surface area (Å²) >= 11 is 0. The fourth-order valence-corrected chi connectivity index (χ4v) is 2.68. The molecule has 0 aliphatic carbocycles. The monoisotopic (exact) mass is 460 g/mol. The Labute approximate surface area is 192 Å². The average Bonchev–Trinajstić information content (AvgIpc) is 2.60. The van der Waals surface area contributed by atoms with Crippen molar-refractivity contribution in [2.45, 2.75) is 53.5 Å². The van der Waals surface area contributed by atoms with Crippen molar-refractivity contribution in [1.82, 2.24) is 10.4 Å². The van der Waals surface area contributed by atoms with Crippen LogP contribution in [-0.4, -0.2) is 22.4 Å². The van der Waals surface area contributed by atoms with Crippen LogP contribution in [0.2, 0.25) is 0 Å². The molecule has 2 aromatic rings. The van der Waals surface area contributed by atoms with E-state index >= 15 is 0 Å². The van der Waals surface area contributed by atoms with Crippen LogP contribution in [-0.2, 0) is 6.42 Å². The molecular formula is C22H31Cl3N2O2. The minimum Gasteiger partial charge on any atom is -0.267 e. The number of nitrogens with one attached hydrogen (secondary N) is 1. The Hall–Kier alpha value is -1.75. The zero-order chi connectivity index (χ0) is 19.5. The number of amides is 2. The van der Waals surface area contributed by atoms with Gasteiger partial charge in [-0.25, -0.2) is 5.01 Å². The van der Waals surface area contributed by atoms with Crippen molar-refractivity contribution in [3.63, 3.8) is 0 Å². The second kappa shape index (κ2) is 12.1. The summed E-state index contributed by atoms with van der Waals surface area (Å²) in [7, 11) is 0. The van der Waals surface area contributed by atoms with Gasteiger partial charge in [-0.2, -0.15) is 0 Å². The number of halogens is 3. The van der Waals surface area contributed by atoms with Gasteiger partial charge in [0.25, 0.3) is 11.8 Å². The van der Waals surface area contributed by atoms with E-state index in [4.69, 9.17) is 0 Å². The predicted octanol–water partition coefficient (Wildman–Crippen LogP) is 5.72. The summed E-state index contributed by atoms with van der Waals surface area (Å²) in [6.45, 7) is 11.7. The lowest BCUT2D eigenvalue weighted by Gasteiger charge is -2.36. The van der Waals surface area contributed by atoms with Crippen molar-refractivity contribution < 1.29 is 9.59 Å². The Balaban J connectivity index is 0. The largest absolute Gasteiger partial charge is 0.273 e. The highest BCUT2D eigenvalue weighted by Gasteiger charge is 2.30. The minimum absolute atomic E-state index is 0. The molecule has 0 saturated carbocycles. The number of nitrogens with zero attached hydrogens (tertiary/aromatic N) is 1. The molecule has 162 valence electrons. The molecule has 0 atom stereocenters. The highest BCUT2D eigenvalue weighted by molar-refractivity contribution is 6.00. The molecule has 0 unspecified atom stereocenters. The number of hydrazine groups is 1. The molecule has 4 nitrogen and oxygen atoms in total. The number of carbonyl (C=O) groups excluding carboxylic acids is 2. The fraction of sp³-hybridized carbons (Fsp3) is 0.364. The van der Waals surface area contributed by atoms with E-state index in [0.717, 1.165) is 17.5 Å². The maximum atomic E-state index is 13.1. The van der Waals surface area contributed by atoms with E-state index in [0.29, 0.717) is 11.1 Å². The molecule has 0 bridgehead atoms. The van der Waals surface area contributed by atoms with Crippen LogP contribution in [0.5, 0.6) is 0 Å². The standard InChI is InChI=1S/C22H28N2O2.3ClH/c1-7-17-11-13-18(14-12-17)20(25)23-24(22(4,5)6)21(26)19-10-8-9-15(2)16(19)3;;;/h8-14H,7H2,1-6H3,(H,23,25);3*1H. The van der Waals surface area contributed by atoms with Crippen molar-refractivity contribution >= 4 is 49.0 Å².